The lowest BCUT2D eigenvalue weighted by molar-refractivity contribution is -0.126. The Morgan fingerprint density at radius 2 is 1.93 bits per heavy atom. The number of carbonyl (C=O) groups is 2. The summed E-state index contributed by atoms with van der Waals surface area (Å²) >= 11 is 6.49. The highest BCUT2D eigenvalue weighted by molar-refractivity contribution is 6.31. The molecule has 4 atom stereocenters. The van der Waals surface area contributed by atoms with Crippen LogP contribution in [-0.4, -0.2) is 48.4 Å². The first-order chi connectivity index (χ1) is 13.5. The number of hydrogen-bond acceptors (Lipinski definition) is 4. The van der Waals surface area contributed by atoms with E-state index in [-0.39, 0.29) is 24.2 Å². The average Bonchev–Trinajstić information content (AvgIpc) is 2.65. The van der Waals surface area contributed by atoms with E-state index in [0.29, 0.717) is 29.6 Å². The predicted octanol–water partition coefficient (Wildman–Crippen LogP) is 3.92. The summed E-state index contributed by atoms with van der Waals surface area (Å²) in [5, 5.41) is 0.663. The van der Waals surface area contributed by atoms with Crippen molar-refractivity contribution >= 4 is 29.5 Å². The highest BCUT2D eigenvalue weighted by Crippen LogP contribution is 2.50. The molecule has 28 heavy (non-hydrogen) atoms. The fraction of sp³-hybridized carbons (Fsp3) is 0.636. The van der Waals surface area contributed by atoms with Gasteiger partial charge in [0.25, 0.3) is 0 Å². The Morgan fingerprint density at radius 1 is 1.18 bits per heavy atom. The van der Waals surface area contributed by atoms with E-state index in [1.807, 2.05) is 17.0 Å². The smallest absolute Gasteiger partial charge is 0.214 e. The van der Waals surface area contributed by atoms with Crippen LogP contribution in [0.15, 0.2) is 12.1 Å². The van der Waals surface area contributed by atoms with E-state index in [2.05, 4.69) is 11.9 Å². The minimum Gasteiger partial charge on any atom is -0.488 e. The van der Waals surface area contributed by atoms with Crippen LogP contribution in [0.3, 0.4) is 0 Å². The lowest BCUT2D eigenvalue weighted by atomic mass is 9.79. The quantitative estimate of drug-likeness (QED) is 0.719. The number of ether oxygens (including phenoxy) is 1. The SMILES string of the molecule is CN1C2CC(=O)CC1CC(N(C=O)c1cc(Cl)cc3c1OC1CCCC3C1)C2. The maximum atomic E-state index is 12.3. The molecule has 4 bridgehead atoms. The molecule has 6 heteroatoms. The molecule has 5 nitrogen and oxygen atoms in total. The van der Waals surface area contributed by atoms with Crippen LogP contribution >= 0.6 is 11.6 Å². The molecular weight excluding hydrogens is 376 g/mol. The second-order valence-electron chi connectivity index (χ2n) is 9.00. The molecule has 1 amide bonds. The fourth-order valence-electron chi connectivity index (χ4n) is 5.91. The summed E-state index contributed by atoms with van der Waals surface area (Å²) in [4.78, 5) is 28.5. The number of ketones is 1. The molecule has 1 saturated carbocycles. The summed E-state index contributed by atoms with van der Waals surface area (Å²) in [7, 11) is 2.11. The van der Waals surface area contributed by atoms with Crippen LogP contribution in [0.1, 0.15) is 62.8 Å². The number of nitrogens with zero attached hydrogens (tertiary/aromatic N) is 2. The van der Waals surface area contributed by atoms with E-state index >= 15 is 0 Å². The van der Waals surface area contributed by atoms with E-state index in [1.165, 1.54) is 6.42 Å². The number of Topliss-reactive ketones (excluding diaryl/α,β-unsaturated/α-hetero) is 1. The Labute approximate surface area is 171 Å². The standard InChI is InChI=1S/C22H27ClN2O3/c1-24-15-8-17(9-16(24)11-18(27)10-15)25(12-26)21-7-14(23)6-20-13-3-2-4-19(5-13)28-22(20)21/h6-7,12-13,15-17,19H,2-5,8-11H2,1H3. The van der Waals surface area contributed by atoms with E-state index < -0.39 is 0 Å². The van der Waals surface area contributed by atoms with E-state index in [1.54, 1.807) is 0 Å². The van der Waals surface area contributed by atoms with Gasteiger partial charge < -0.3 is 9.64 Å². The minimum absolute atomic E-state index is 0.0738. The average molecular weight is 403 g/mol. The zero-order valence-electron chi connectivity index (χ0n) is 16.3. The van der Waals surface area contributed by atoms with Crippen molar-refractivity contribution in [2.24, 2.45) is 0 Å². The molecule has 0 radical (unpaired) electrons. The highest BCUT2D eigenvalue weighted by atomic mass is 35.5. The van der Waals surface area contributed by atoms with Crippen molar-refractivity contribution in [2.45, 2.75) is 81.5 Å². The number of piperidine rings is 2. The topological polar surface area (TPSA) is 49.9 Å². The van der Waals surface area contributed by atoms with Gasteiger partial charge in [-0.3, -0.25) is 14.5 Å². The highest BCUT2D eigenvalue weighted by Gasteiger charge is 2.42. The normalized spacial score (nSPS) is 34.4. The van der Waals surface area contributed by atoms with Crippen molar-refractivity contribution in [2.75, 3.05) is 11.9 Å². The Bertz CT molecular complexity index is 795. The van der Waals surface area contributed by atoms with Gasteiger partial charge in [-0.05, 0) is 63.6 Å². The first-order valence-corrected chi connectivity index (χ1v) is 10.9. The number of amides is 1. The number of anilines is 1. The van der Waals surface area contributed by atoms with Crippen molar-refractivity contribution in [3.8, 4) is 5.75 Å². The number of halogens is 1. The van der Waals surface area contributed by atoms with Gasteiger partial charge in [-0.15, -0.1) is 0 Å². The number of rotatable bonds is 3. The van der Waals surface area contributed by atoms with Gasteiger partial charge in [-0.25, -0.2) is 0 Å². The molecule has 3 heterocycles. The van der Waals surface area contributed by atoms with Crippen LogP contribution in [0.2, 0.25) is 5.02 Å². The lowest BCUT2D eigenvalue weighted by Gasteiger charge is -2.48. The maximum Gasteiger partial charge on any atom is 0.214 e. The molecule has 4 unspecified atom stereocenters. The molecule has 2 saturated heterocycles. The first-order valence-electron chi connectivity index (χ1n) is 10.5. The number of benzene rings is 1. The Hall–Kier alpha value is -1.59. The molecule has 150 valence electrons. The third kappa shape index (κ3) is 3.03. The molecule has 1 aliphatic carbocycles. The maximum absolute atomic E-state index is 12.3. The zero-order chi connectivity index (χ0) is 19.4. The van der Waals surface area contributed by atoms with Crippen molar-refractivity contribution < 1.29 is 14.3 Å². The number of hydrogen-bond donors (Lipinski definition) is 0. The van der Waals surface area contributed by atoms with Crippen LogP contribution in [0, 0.1) is 0 Å². The number of fused-ring (bicyclic) bond motifs is 6. The van der Waals surface area contributed by atoms with Gasteiger partial charge in [0.15, 0.2) is 0 Å². The van der Waals surface area contributed by atoms with E-state index in [0.717, 1.165) is 55.5 Å². The van der Waals surface area contributed by atoms with Crippen LogP contribution in [-0.2, 0) is 9.59 Å². The molecule has 0 spiro atoms. The predicted molar refractivity (Wildman–Crippen MR) is 108 cm³/mol. The largest absolute Gasteiger partial charge is 0.488 e. The van der Waals surface area contributed by atoms with Crippen molar-refractivity contribution in [1.82, 2.24) is 4.90 Å². The van der Waals surface area contributed by atoms with E-state index in [9.17, 15) is 9.59 Å². The van der Waals surface area contributed by atoms with Crippen LogP contribution in [0.5, 0.6) is 5.75 Å². The molecule has 1 aromatic carbocycles. The number of carbonyl (C=O) groups excluding carboxylic acids is 2. The van der Waals surface area contributed by atoms with Crippen LogP contribution in [0.25, 0.3) is 0 Å². The molecular formula is C22H27ClN2O3. The molecule has 3 fully saturated rings. The summed E-state index contributed by atoms with van der Waals surface area (Å²) in [6.45, 7) is 0. The molecule has 3 aliphatic heterocycles. The Kier molecular flexibility index (Phi) is 4.63. The zero-order valence-corrected chi connectivity index (χ0v) is 17.0. The third-order valence-corrected chi connectivity index (χ3v) is 7.58. The van der Waals surface area contributed by atoms with Gasteiger partial charge in [0.2, 0.25) is 6.41 Å². The van der Waals surface area contributed by atoms with Gasteiger partial charge in [0, 0.05) is 41.6 Å². The fourth-order valence-corrected chi connectivity index (χ4v) is 6.13. The van der Waals surface area contributed by atoms with Crippen molar-refractivity contribution in [1.29, 1.82) is 0 Å². The first kappa shape index (κ1) is 18.4. The van der Waals surface area contributed by atoms with Gasteiger partial charge in [-0.1, -0.05) is 11.6 Å². The van der Waals surface area contributed by atoms with Gasteiger partial charge >= 0.3 is 0 Å². The van der Waals surface area contributed by atoms with Gasteiger partial charge in [0.05, 0.1) is 11.8 Å². The summed E-state index contributed by atoms with van der Waals surface area (Å²) in [6, 6.07) is 4.41. The molecule has 0 aromatic heterocycles. The van der Waals surface area contributed by atoms with Gasteiger partial charge in [-0.2, -0.15) is 0 Å². The van der Waals surface area contributed by atoms with Crippen LogP contribution in [0.4, 0.5) is 5.69 Å². The molecule has 0 N–H and O–H groups in total. The monoisotopic (exact) mass is 402 g/mol. The third-order valence-electron chi connectivity index (χ3n) is 7.37. The van der Waals surface area contributed by atoms with Gasteiger partial charge in [0.1, 0.15) is 11.5 Å². The van der Waals surface area contributed by atoms with E-state index in [4.69, 9.17) is 16.3 Å². The summed E-state index contributed by atoms with van der Waals surface area (Å²) < 4.78 is 6.37. The Balaban J connectivity index is 1.51. The summed E-state index contributed by atoms with van der Waals surface area (Å²) in [6.07, 6.45) is 8.45. The molecule has 4 aliphatic rings. The van der Waals surface area contributed by atoms with Crippen molar-refractivity contribution in [3.05, 3.63) is 22.7 Å². The van der Waals surface area contributed by atoms with Crippen molar-refractivity contribution in [3.63, 3.8) is 0 Å². The molecule has 5 rings (SSSR count). The Morgan fingerprint density at radius 3 is 2.64 bits per heavy atom. The lowest BCUT2D eigenvalue weighted by Crippen LogP contribution is -2.57. The second kappa shape index (κ2) is 7.03. The summed E-state index contributed by atoms with van der Waals surface area (Å²) in [5.74, 6) is 1.68. The summed E-state index contributed by atoms with van der Waals surface area (Å²) in [5.41, 5.74) is 1.97. The minimum atomic E-state index is 0.0738. The molecule has 1 aromatic rings. The second-order valence-corrected chi connectivity index (χ2v) is 9.44. The van der Waals surface area contributed by atoms with Crippen LogP contribution < -0.4 is 9.64 Å².